The first kappa shape index (κ1) is 12.9. The van der Waals surface area contributed by atoms with Gasteiger partial charge in [-0.05, 0) is 39.3 Å². The number of nitrogens with two attached hydrogens (primary N) is 1. The minimum Gasteiger partial charge on any atom is -0.378 e. The molecule has 1 fully saturated rings. The van der Waals surface area contributed by atoms with Crippen LogP contribution in [0.5, 0.6) is 0 Å². The van der Waals surface area contributed by atoms with Gasteiger partial charge < -0.3 is 15.4 Å². The van der Waals surface area contributed by atoms with E-state index < -0.39 is 0 Å². The van der Waals surface area contributed by atoms with Crippen molar-refractivity contribution in [2.75, 3.05) is 33.3 Å². The van der Waals surface area contributed by atoms with Crippen LogP contribution < -0.4 is 5.73 Å². The number of nitrogens with zero attached hydrogens (tertiary/aromatic N) is 1. The molecule has 0 aromatic heterocycles. The van der Waals surface area contributed by atoms with Crippen molar-refractivity contribution in [3.8, 4) is 0 Å². The molecule has 0 spiro atoms. The molecule has 1 rings (SSSR count). The van der Waals surface area contributed by atoms with Crippen LogP contribution in [0.4, 0.5) is 0 Å². The minimum absolute atomic E-state index is 0.524. The van der Waals surface area contributed by atoms with E-state index in [0.29, 0.717) is 6.10 Å². The van der Waals surface area contributed by atoms with Gasteiger partial charge in [0.15, 0.2) is 0 Å². The summed E-state index contributed by atoms with van der Waals surface area (Å²) in [7, 11) is 2.18. The molecule has 3 heteroatoms. The van der Waals surface area contributed by atoms with Gasteiger partial charge in [0, 0.05) is 19.7 Å². The Kier molecular flexibility index (Phi) is 6.98. The first-order valence-corrected chi connectivity index (χ1v) is 6.33. The molecular formula is C12H26N2O. The molecule has 15 heavy (non-hydrogen) atoms. The normalized spacial score (nSPS) is 19.6. The van der Waals surface area contributed by atoms with Gasteiger partial charge >= 0.3 is 0 Å². The fourth-order valence-corrected chi connectivity index (χ4v) is 2.00. The van der Waals surface area contributed by atoms with Crippen LogP contribution in [0.25, 0.3) is 0 Å². The summed E-state index contributed by atoms with van der Waals surface area (Å²) < 4.78 is 5.85. The number of hydrogen-bond donors (Lipinski definition) is 1. The lowest BCUT2D eigenvalue weighted by Gasteiger charge is -2.28. The smallest absolute Gasteiger partial charge is 0.0599 e. The molecule has 1 heterocycles. The van der Waals surface area contributed by atoms with Gasteiger partial charge in [-0.2, -0.15) is 0 Å². The van der Waals surface area contributed by atoms with Gasteiger partial charge in [-0.3, -0.25) is 0 Å². The predicted octanol–water partition coefficient (Wildman–Crippen LogP) is 1.62. The van der Waals surface area contributed by atoms with E-state index in [9.17, 15) is 0 Å². The number of ether oxygens (including phenoxy) is 1. The number of unbranched alkanes of at least 4 members (excludes halogenated alkanes) is 3. The lowest BCUT2D eigenvalue weighted by molar-refractivity contribution is 0.0108. The van der Waals surface area contributed by atoms with E-state index in [1.54, 1.807) is 0 Å². The molecule has 0 unspecified atom stereocenters. The summed E-state index contributed by atoms with van der Waals surface area (Å²) in [5, 5.41) is 0. The van der Waals surface area contributed by atoms with E-state index in [1.807, 2.05) is 0 Å². The van der Waals surface area contributed by atoms with Gasteiger partial charge in [0.25, 0.3) is 0 Å². The zero-order chi connectivity index (χ0) is 10.9. The largest absolute Gasteiger partial charge is 0.378 e. The van der Waals surface area contributed by atoms with Crippen molar-refractivity contribution in [3.63, 3.8) is 0 Å². The number of rotatable bonds is 7. The Hall–Kier alpha value is -0.120. The Morgan fingerprint density at radius 2 is 1.80 bits per heavy atom. The monoisotopic (exact) mass is 214 g/mol. The lowest BCUT2D eigenvalue weighted by atomic mass is 10.1. The Morgan fingerprint density at radius 3 is 2.47 bits per heavy atom. The van der Waals surface area contributed by atoms with Gasteiger partial charge in [-0.25, -0.2) is 0 Å². The third kappa shape index (κ3) is 6.13. The van der Waals surface area contributed by atoms with Crippen LogP contribution >= 0.6 is 0 Å². The van der Waals surface area contributed by atoms with Crippen molar-refractivity contribution in [2.24, 2.45) is 5.73 Å². The molecule has 3 nitrogen and oxygen atoms in total. The molecule has 0 atom stereocenters. The fraction of sp³-hybridized carbons (Fsp3) is 1.00. The van der Waals surface area contributed by atoms with E-state index in [-0.39, 0.29) is 0 Å². The minimum atomic E-state index is 0.524. The second-order valence-electron chi connectivity index (χ2n) is 4.58. The Balaban J connectivity index is 1.87. The highest BCUT2D eigenvalue weighted by molar-refractivity contribution is 4.69. The molecule has 1 aliphatic heterocycles. The third-order valence-electron chi connectivity index (χ3n) is 3.12. The zero-order valence-electron chi connectivity index (χ0n) is 10.1. The molecule has 0 aromatic carbocycles. The summed E-state index contributed by atoms with van der Waals surface area (Å²) in [4.78, 5) is 2.38. The van der Waals surface area contributed by atoms with Crippen molar-refractivity contribution in [2.45, 2.75) is 44.6 Å². The summed E-state index contributed by atoms with van der Waals surface area (Å²) in [5.74, 6) is 0. The summed E-state index contributed by atoms with van der Waals surface area (Å²) in [6.07, 6.45) is 7.83. The maximum absolute atomic E-state index is 5.85. The summed E-state index contributed by atoms with van der Waals surface area (Å²) in [6, 6.07) is 0. The standard InChI is InChI=1S/C12H26N2O/c1-14-9-6-12(7-10-14)15-11-5-3-2-4-8-13/h12H,2-11,13H2,1H3. The van der Waals surface area contributed by atoms with E-state index in [2.05, 4.69) is 11.9 Å². The Bertz CT molecular complexity index is 145. The van der Waals surface area contributed by atoms with Crippen molar-refractivity contribution in [3.05, 3.63) is 0 Å². The van der Waals surface area contributed by atoms with Crippen molar-refractivity contribution >= 4 is 0 Å². The van der Waals surface area contributed by atoms with Gasteiger partial charge in [-0.1, -0.05) is 12.8 Å². The van der Waals surface area contributed by atoms with Gasteiger partial charge in [0.2, 0.25) is 0 Å². The maximum Gasteiger partial charge on any atom is 0.0599 e. The molecule has 1 aliphatic rings. The SMILES string of the molecule is CN1CCC(OCCCCCCN)CC1. The van der Waals surface area contributed by atoms with Crippen LogP contribution in [-0.4, -0.2) is 44.3 Å². The summed E-state index contributed by atoms with van der Waals surface area (Å²) in [5.41, 5.74) is 5.44. The molecule has 0 radical (unpaired) electrons. The fourth-order valence-electron chi connectivity index (χ4n) is 2.00. The third-order valence-corrected chi connectivity index (χ3v) is 3.12. The van der Waals surface area contributed by atoms with Gasteiger partial charge in [-0.15, -0.1) is 0 Å². The van der Waals surface area contributed by atoms with E-state index in [0.717, 1.165) is 19.6 Å². The first-order valence-electron chi connectivity index (χ1n) is 6.33. The summed E-state index contributed by atoms with van der Waals surface area (Å²) >= 11 is 0. The van der Waals surface area contributed by atoms with Crippen LogP contribution in [0.2, 0.25) is 0 Å². The number of likely N-dealkylation sites (tertiary alicyclic amines) is 1. The average Bonchev–Trinajstić information content (AvgIpc) is 2.26. The lowest BCUT2D eigenvalue weighted by Crippen LogP contribution is -2.34. The maximum atomic E-state index is 5.85. The quantitative estimate of drug-likeness (QED) is 0.654. The predicted molar refractivity (Wildman–Crippen MR) is 64.0 cm³/mol. The molecule has 0 amide bonds. The van der Waals surface area contributed by atoms with E-state index in [1.165, 1.54) is 45.2 Å². The Morgan fingerprint density at radius 1 is 1.13 bits per heavy atom. The van der Waals surface area contributed by atoms with Crippen LogP contribution in [0.3, 0.4) is 0 Å². The van der Waals surface area contributed by atoms with Crippen molar-refractivity contribution in [1.82, 2.24) is 4.90 Å². The molecule has 0 saturated carbocycles. The highest BCUT2D eigenvalue weighted by atomic mass is 16.5. The van der Waals surface area contributed by atoms with E-state index in [4.69, 9.17) is 10.5 Å². The topological polar surface area (TPSA) is 38.5 Å². The zero-order valence-corrected chi connectivity index (χ0v) is 10.1. The molecule has 0 bridgehead atoms. The van der Waals surface area contributed by atoms with Gasteiger partial charge in [0.05, 0.1) is 6.10 Å². The highest BCUT2D eigenvalue weighted by Gasteiger charge is 2.16. The Labute approximate surface area is 94.0 Å². The van der Waals surface area contributed by atoms with Crippen molar-refractivity contribution < 1.29 is 4.74 Å². The highest BCUT2D eigenvalue weighted by Crippen LogP contribution is 2.12. The second-order valence-corrected chi connectivity index (χ2v) is 4.58. The first-order chi connectivity index (χ1) is 7.33. The van der Waals surface area contributed by atoms with Crippen LogP contribution in [0.1, 0.15) is 38.5 Å². The van der Waals surface area contributed by atoms with Crippen LogP contribution in [0, 0.1) is 0 Å². The molecule has 1 saturated heterocycles. The molecule has 0 aliphatic carbocycles. The van der Waals surface area contributed by atoms with Crippen LogP contribution in [-0.2, 0) is 4.74 Å². The molecule has 2 N–H and O–H groups in total. The summed E-state index contributed by atoms with van der Waals surface area (Å²) in [6.45, 7) is 4.16. The number of piperidine rings is 1. The van der Waals surface area contributed by atoms with Gasteiger partial charge in [0.1, 0.15) is 0 Å². The average molecular weight is 214 g/mol. The second kappa shape index (κ2) is 8.08. The van der Waals surface area contributed by atoms with Crippen molar-refractivity contribution in [1.29, 1.82) is 0 Å². The molecule has 90 valence electrons. The number of hydrogen-bond acceptors (Lipinski definition) is 3. The molecular weight excluding hydrogens is 188 g/mol. The van der Waals surface area contributed by atoms with E-state index >= 15 is 0 Å². The van der Waals surface area contributed by atoms with Crippen LogP contribution in [0.15, 0.2) is 0 Å². The molecule has 0 aromatic rings.